The number of nitrogens with one attached hydrogen (secondary N) is 2. The van der Waals surface area contributed by atoms with Crippen LogP contribution in [0.1, 0.15) is 65.3 Å². The minimum atomic E-state index is -0.537. The summed E-state index contributed by atoms with van der Waals surface area (Å²) in [6.45, 7) is 14.8. The third kappa shape index (κ3) is 6.33. The Morgan fingerprint density at radius 3 is 2.50 bits per heavy atom. The molecule has 2 heterocycles. The normalized spacial score (nSPS) is 14.2. The number of benzene rings is 3. The van der Waals surface area contributed by atoms with Crippen LogP contribution in [0.4, 0.5) is 11.6 Å². The zero-order chi connectivity index (χ0) is 31.5. The van der Waals surface area contributed by atoms with Crippen LogP contribution in [0, 0.1) is 34.6 Å². The van der Waals surface area contributed by atoms with Crippen molar-refractivity contribution in [3.63, 3.8) is 0 Å². The molecule has 0 fully saturated rings. The molecule has 8 nitrogen and oxygen atoms in total. The molecule has 4 aromatic rings. The summed E-state index contributed by atoms with van der Waals surface area (Å²) < 4.78 is 13.9. The Balaban J connectivity index is 1.52. The lowest BCUT2D eigenvalue weighted by Gasteiger charge is -2.29. The molecule has 1 aliphatic heterocycles. The number of allylic oxidation sites excluding steroid dienone is 1. The molecule has 0 aliphatic carbocycles. The van der Waals surface area contributed by atoms with Crippen LogP contribution >= 0.6 is 11.8 Å². The molecule has 1 amide bonds. The van der Waals surface area contributed by atoms with Crippen molar-refractivity contribution in [2.75, 3.05) is 23.5 Å². The second-order valence-corrected chi connectivity index (χ2v) is 12.4. The van der Waals surface area contributed by atoms with Gasteiger partial charge in [-0.15, -0.1) is 5.10 Å². The van der Waals surface area contributed by atoms with Gasteiger partial charge in [0.25, 0.3) is 5.91 Å². The number of carbonyl (C=O) groups is 1. The number of nitrogens with zero attached hydrogens (tertiary/aromatic N) is 3. The van der Waals surface area contributed by atoms with E-state index >= 15 is 0 Å². The first-order valence-corrected chi connectivity index (χ1v) is 15.9. The van der Waals surface area contributed by atoms with Gasteiger partial charge in [0.1, 0.15) is 12.6 Å². The van der Waals surface area contributed by atoms with Crippen molar-refractivity contribution in [2.45, 2.75) is 72.7 Å². The number of hydrogen-bond donors (Lipinski definition) is 2. The molecule has 0 saturated heterocycles. The second kappa shape index (κ2) is 13.2. The summed E-state index contributed by atoms with van der Waals surface area (Å²) >= 11 is 1.60. The Bertz CT molecular complexity index is 1740. The number of rotatable bonds is 10. The number of fused-ring (bicyclic) bond motifs is 1. The van der Waals surface area contributed by atoms with Crippen LogP contribution in [0.5, 0.6) is 11.5 Å². The number of anilines is 2. The van der Waals surface area contributed by atoms with Gasteiger partial charge in [0.2, 0.25) is 11.1 Å². The molecular weight excluding hydrogens is 570 g/mol. The average Bonchev–Trinajstić information content (AvgIpc) is 3.41. The van der Waals surface area contributed by atoms with Crippen molar-refractivity contribution in [2.24, 2.45) is 0 Å². The van der Waals surface area contributed by atoms with Crippen molar-refractivity contribution < 1.29 is 14.3 Å². The highest BCUT2D eigenvalue weighted by Gasteiger charge is 2.35. The summed E-state index contributed by atoms with van der Waals surface area (Å²) in [7, 11) is 1.63. The lowest BCUT2D eigenvalue weighted by atomic mass is 9.94. The third-order valence-corrected chi connectivity index (χ3v) is 9.25. The molecule has 0 spiro atoms. The van der Waals surface area contributed by atoms with E-state index in [4.69, 9.17) is 19.6 Å². The van der Waals surface area contributed by atoms with Gasteiger partial charge in [-0.1, -0.05) is 49.0 Å². The van der Waals surface area contributed by atoms with E-state index in [0.717, 1.165) is 40.1 Å². The van der Waals surface area contributed by atoms with Crippen molar-refractivity contribution >= 4 is 29.3 Å². The van der Waals surface area contributed by atoms with Crippen LogP contribution in [-0.2, 0) is 11.4 Å². The van der Waals surface area contributed by atoms with E-state index in [1.807, 2.05) is 57.2 Å². The highest BCUT2D eigenvalue weighted by Crippen LogP contribution is 2.40. The molecule has 0 radical (unpaired) electrons. The minimum Gasteiger partial charge on any atom is -0.493 e. The minimum absolute atomic E-state index is 0.206. The van der Waals surface area contributed by atoms with Crippen LogP contribution in [0.25, 0.3) is 0 Å². The predicted octanol–water partition coefficient (Wildman–Crippen LogP) is 7.84. The van der Waals surface area contributed by atoms with E-state index in [0.29, 0.717) is 40.5 Å². The van der Waals surface area contributed by atoms with Gasteiger partial charge in [0.15, 0.2) is 11.5 Å². The van der Waals surface area contributed by atoms with Gasteiger partial charge in [-0.25, -0.2) is 4.68 Å². The second-order valence-electron chi connectivity index (χ2n) is 11.3. The maximum absolute atomic E-state index is 14.0. The molecule has 0 saturated carbocycles. The smallest absolute Gasteiger partial charge is 0.255 e. The Labute approximate surface area is 264 Å². The molecule has 1 aromatic heterocycles. The summed E-state index contributed by atoms with van der Waals surface area (Å²) in [4.78, 5) is 18.8. The van der Waals surface area contributed by atoms with E-state index in [1.54, 1.807) is 23.6 Å². The Kier molecular flexibility index (Phi) is 9.34. The van der Waals surface area contributed by atoms with E-state index < -0.39 is 6.04 Å². The van der Waals surface area contributed by atoms with Crippen molar-refractivity contribution in [1.82, 2.24) is 14.8 Å². The van der Waals surface area contributed by atoms with Gasteiger partial charge >= 0.3 is 0 Å². The van der Waals surface area contributed by atoms with Gasteiger partial charge in [-0.2, -0.15) is 4.98 Å². The van der Waals surface area contributed by atoms with Gasteiger partial charge < -0.3 is 20.1 Å². The number of thioether (sulfide) groups is 1. The topological polar surface area (TPSA) is 90.3 Å². The molecule has 230 valence electrons. The number of hydrogen-bond acceptors (Lipinski definition) is 7. The van der Waals surface area contributed by atoms with E-state index in [1.165, 1.54) is 16.7 Å². The van der Waals surface area contributed by atoms with Crippen LogP contribution in [0.2, 0.25) is 0 Å². The lowest BCUT2D eigenvalue weighted by Crippen LogP contribution is -2.31. The van der Waals surface area contributed by atoms with Crippen LogP contribution < -0.4 is 20.1 Å². The third-order valence-electron chi connectivity index (χ3n) is 8.20. The molecule has 0 bridgehead atoms. The first-order valence-electron chi connectivity index (χ1n) is 14.9. The summed E-state index contributed by atoms with van der Waals surface area (Å²) in [5, 5.41) is 12.0. The quantitative estimate of drug-likeness (QED) is 0.177. The fourth-order valence-electron chi connectivity index (χ4n) is 5.37. The standard InChI is InChI=1S/C35H41N5O3S/c1-9-15-44-35-38-34-36-25(7)31(33(41)37-28-12-10-11-20(2)24(28)6)32(40(34)39-35)26-13-14-29(30(18-26)42-8)43-19-27-17-22(4)21(3)16-23(27)5/h10-14,16-18,32H,9,15,19H2,1-8H3,(H,37,41)(H,36,38,39). The van der Waals surface area contributed by atoms with Gasteiger partial charge in [-0.05, 0) is 105 Å². The largest absolute Gasteiger partial charge is 0.493 e. The molecule has 1 atom stereocenters. The fraction of sp³-hybridized carbons (Fsp3) is 0.343. The molecule has 44 heavy (non-hydrogen) atoms. The maximum Gasteiger partial charge on any atom is 0.255 e. The number of ether oxygens (including phenoxy) is 2. The van der Waals surface area contributed by atoms with Crippen molar-refractivity contribution in [1.29, 1.82) is 0 Å². The van der Waals surface area contributed by atoms with Crippen LogP contribution in [0.15, 0.2) is 65.0 Å². The fourth-order valence-corrected chi connectivity index (χ4v) is 6.05. The zero-order valence-corrected chi connectivity index (χ0v) is 27.6. The van der Waals surface area contributed by atoms with Crippen LogP contribution in [0.3, 0.4) is 0 Å². The molecular formula is C35H41N5O3S. The number of aryl methyl sites for hydroxylation is 4. The average molecular weight is 612 g/mol. The Hall–Kier alpha value is -4.24. The van der Waals surface area contributed by atoms with E-state index in [-0.39, 0.29) is 5.91 Å². The summed E-state index contributed by atoms with van der Waals surface area (Å²) in [5.41, 5.74) is 9.84. The SMILES string of the molecule is CCCSc1nc2n(n1)C(c1ccc(OCc3cc(C)c(C)cc3C)c(OC)c1)C(C(=O)Nc1cccc(C)c1C)=C(C)N2. The monoisotopic (exact) mass is 611 g/mol. The lowest BCUT2D eigenvalue weighted by molar-refractivity contribution is -0.113. The van der Waals surface area contributed by atoms with Gasteiger partial charge in [-0.3, -0.25) is 4.79 Å². The first kappa shape index (κ1) is 31.2. The molecule has 2 N–H and O–H groups in total. The highest BCUT2D eigenvalue weighted by atomic mass is 32.2. The van der Waals surface area contributed by atoms with Crippen molar-refractivity contribution in [3.05, 3.63) is 98.7 Å². The van der Waals surface area contributed by atoms with E-state index in [2.05, 4.69) is 50.5 Å². The summed E-state index contributed by atoms with van der Waals surface area (Å²) in [6.07, 6.45) is 1.01. The number of amides is 1. The predicted molar refractivity (Wildman–Crippen MR) is 178 cm³/mol. The number of aromatic nitrogens is 3. The Morgan fingerprint density at radius 1 is 0.977 bits per heavy atom. The maximum atomic E-state index is 14.0. The van der Waals surface area contributed by atoms with Gasteiger partial charge in [0, 0.05) is 17.1 Å². The summed E-state index contributed by atoms with van der Waals surface area (Å²) in [5.74, 6) is 2.50. The Morgan fingerprint density at radius 2 is 1.75 bits per heavy atom. The number of methoxy groups -OCH3 is 1. The van der Waals surface area contributed by atoms with Gasteiger partial charge in [0.05, 0.1) is 12.7 Å². The molecule has 3 aromatic carbocycles. The van der Waals surface area contributed by atoms with Crippen LogP contribution in [-0.4, -0.2) is 33.5 Å². The number of carbonyl (C=O) groups excluding carboxylic acids is 1. The highest BCUT2D eigenvalue weighted by molar-refractivity contribution is 7.99. The zero-order valence-electron chi connectivity index (χ0n) is 26.8. The molecule has 9 heteroatoms. The molecule has 1 aliphatic rings. The first-order chi connectivity index (χ1) is 21.1. The molecule has 5 rings (SSSR count). The van der Waals surface area contributed by atoms with Crippen molar-refractivity contribution in [3.8, 4) is 11.5 Å². The summed E-state index contributed by atoms with van der Waals surface area (Å²) in [6, 6.07) is 15.6. The van der Waals surface area contributed by atoms with E-state index in [9.17, 15) is 4.79 Å². The molecule has 1 unspecified atom stereocenters.